The normalized spacial score (nSPS) is 11.5. The smallest absolute Gasteiger partial charge is 0.230 e. The number of hydrogen-bond acceptors (Lipinski definition) is 4. The summed E-state index contributed by atoms with van der Waals surface area (Å²) in [7, 11) is 0. The SMILES string of the molecule is O=C(Cc1cn2ccsc2n1)Nc1ccc2oc3ccccc3c2c1. The van der Waals surface area contributed by atoms with Crippen molar-refractivity contribution < 1.29 is 9.21 Å². The Kier molecular flexibility index (Phi) is 3.11. The number of imidazole rings is 1. The predicted octanol–water partition coefficient (Wildman–Crippen LogP) is 4.48. The quantitative estimate of drug-likeness (QED) is 0.523. The van der Waals surface area contributed by atoms with Crippen molar-refractivity contribution >= 4 is 49.8 Å². The van der Waals surface area contributed by atoms with E-state index in [2.05, 4.69) is 10.3 Å². The van der Waals surface area contributed by atoms with E-state index in [0.717, 1.165) is 38.3 Å². The first kappa shape index (κ1) is 14.2. The molecule has 0 saturated carbocycles. The number of carbonyl (C=O) groups is 1. The van der Waals surface area contributed by atoms with E-state index in [9.17, 15) is 4.79 Å². The average Bonchev–Trinajstić information content (AvgIpc) is 3.27. The maximum Gasteiger partial charge on any atom is 0.230 e. The number of carbonyl (C=O) groups excluding carboxylic acids is 1. The van der Waals surface area contributed by atoms with Crippen LogP contribution in [-0.4, -0.2) is 15.3 Å². The van der Waals surface area contributed by atoms with E-state index >= 15 is 0 Å². The van der Waals surface area contributed by atoms with Crippen molar-refractivity contribution in [3.63, 3.8) is 0 Å². The van der Waals surface area contributed by atoms with Crippen molar-refractivity contribution in [2.45, 2.75) is 6.42 Å². The Balaban J connectivity index is 1.41. The summed E-state index contributed by atoms with van der Waals surface area (Å²) in [6.07, 6.45) is 4.07. The molecular weight excluding hydrogens is 334 g/mol. The van der Waals surface area contributed by atoms with Crippen LogP contribution in [0.1, 0.15) is 5.69 Å². The predicted molar refractivity (Wildman–Crippen MR) is 99.1 cm³/mol. The molecule has 0 bridgehead atoms. The lowest BCUT2D eigenvalue weighted by atomic mass is 10.1. The van der Waals surface area contributed by atoms with Gasteiger partial charge in [0.2, 0.25) is 5.91 Å². The summed E-state index contributed by atoms with van der Waals surface area (Å²) in [5.74, 6) is -0.0853. The monoisotopic (exact) mass is 347 g/mol. The number of fused-ring (bicyclic) bond motifs is 4. The van der Waals surface area contributed by atoms with E-state index in [4.69, 9.17) is 4.42 Å². The summed E-state index contributed by atoms with van der Waals surface area (Å²) in [5.41, 5.74) is 3.18. The zero-order valence-corrected chi connectivity index (χ0v) is 13.9. The molecule has 0 spiro atoms. The van der Waals surface area contributed by atoms with Gasteiger partial charge in [-0.05, 0) is 24.3 Å². The summed E-state index contributed by atoms with van der Waals surface area (Å²) in [6, 6.07) is 13.6. The first-order chi connectivity index (χ1) is 12.3. The number of anilines is 1. The number of rotatable bonds is 3. The standard InChI is InChI=1S/C19H13N3O2S/c23-18(10-13-11-22-7-8-25-19(22)21-13)20-12-5-6-17-15(9-12)14-3-1-2-4-16(14)24-17/h1-9,11H,10H2,(H,20,23). The number of nitrogens with one attached hydrogen (secondary N) is 1. The summed E-state index contributed by atoms with van der Waals surface area (Å²) in [5, 5.41) is 6.96. The Bertz CT molecular complexity index is 1200. The number of hydrogen-bond donors (Lipinski definition) is 1. The topological polar surface area (TPSA) is 59.5 Å². The number of aromatic nitrogens is 2. The van der Waals surface area contributed by atoms with Gasteiger partial charge in [-0.25, -0.2) is 4.98 Å². The van der Waals surface area contributed by atoms with E-state index in [0.29, 0.717) is 0 Å². The molecule has 3 aromatic heterocycles. The molecule has 5 aromatic rings. The number of para-hydroxylation sites is 1. The lowest BCUT2D eigenvalue weighted by molar-refractivity contribution is -0.115. The number of benzene rings is 2. The highest BCUT2D eigenvalue weighted by molar-refractivity contribution is 7.15. The Labute approximate surface area is 146 Å². The van der Waals surface area contributed by atoms with E-state index in [1.165, 1.54) is 0 Å². The van der Waals surface area contributed by atoms with Crippen LogP contribution in [0.15, 0.2) is 64.7 Å². The molecule has 0 unspecified atom stereocenters. The van der Waals surface area contributed by atoms with Crippen molar-refractivity contribution in [2.75, 3.05) is 5.32 Å². The fraction of sp³-hybridized carbons (Fsp3) is 0.0526. The van der Waals surface area contributed by atoms with Gasteiger partial charge in [0.05, 0.1) is 12.1 Å². The Hall–Kier alpha value is -3.12. The van der Waals surface area contributed by atoms with Gasteiger partial charge < -0.3 is 9.73 Å². The van der Waals surface area contributed by atoms with Crippen LogP contribution in [-0.2, 0) is 11.2 Å². The van der Waals surface area contributed by atoms with Crippen LogP contribution in [0.25, 0.3) is 26.9 Å². The highest BCUT2D eigenvalue weighted by Crippen LogP contribution is 2.30. The van der Waals surface area contributed by atoms with Gasteiger partial charge in [0.15, 0.2) is 4.96 Å². The second-order valence-corrected chi connectivity index (χ2v) is 6.73. The van der Waals surface area contributed by atoms with Gasteiger partial charge in [0, 0.05) is 34.2 Å². The molecule has 0 radical (unpaired) electrons. The number of thiazole rings is 1. The van der Waals surface area contributed by atoms with Crippen molar-refractivity contribution in [2.24, 2.45) is 0 Å². The van der Waals surface area contributed by atoms with Crippen molar-refractivity contribution in [3.8, 4) is 0 Å². The van der Waals surface area contributed by atoms with E-state index < -0.39 is 0 Å². The third-order valence-corrected chi connectivity index (χ3v) is 4.92. The Morgan fingerprint density at radius 3 is 2.96 bits per heavy atom. The van der Waals surface area contributed by atoms with Crippen molar-refractivity contribution in [1.29, 1.82) is 0 Å². The molecule has 1 N–H and O–H groups in total. The van der Waals surface area contributed by atoms with Crippen LogP contribution in [0.4, 0.5) is 5.69 Å². The Morgan fingerprint density at radius 2 is 2.04 bits per heavy atom. The Morgan fingerprint density at radius 1 is 1.16 bits per heavy atom. The molecule has 5 nitrogen and oxygen atoms in total. The van der Waals surface area contributed by atoms with Crippen LogP contribution >= 0.6 is 11.3 Å². The van der Waals surface area contributed by atoms with E-state index in [-0.39, 0.29) is 12.3 Å². The maximum absolute atomic E-state index is 12.3. The van der Waals surface area contributed by atoms with Crippen molar-refractivity contribution in [1.82, 2.24) is 9.38 Å². The summed E-state index contributed by atoms with van der Waals surface area (Å²) >= 11 is 1.55. The zero-order valence-electron chi connectivity index (χ0n) is 13.1. The molecule has 25 heavy (non-hydrogen) atoms. The molecule has 122 valence electrons. The molecule has 6 heteroatoms. The number of furan rings is 1. The van der Waals surface area contributed by atoms with Gasteiger partial charge in [0.1, 0.15) is 11.2 Å². The summed E-state index contributed by atoms with van der Waals surface area (Å²) < 4.78 is 7.74. The third-order valence-electron chi connectivity index (χ3n) is 4.15. The van der Waals surface area contributed by atoms with Crippen LogP contribution in [0.3, 0.4) is 0 Å². The molecule has 1 amide bonds. The van der Waals surface area contributed by atoms with Crippen molar-refractivity contribution in [3.05, 3.63) is 65.9 Å². The van der Waals surface area contributed by atoms with Gasteiger partial charge in [-0.3, -0.25) is 9.20 Å². The van der Waals surface area contributed by atoms with E-state index in [1.807, 2.05) is 64.6 Å². The van der Waals surface area contributed by atoms with Crippen LogP contribution in [0.5, 0.6) is 0 Å². The molecule has 0 aliphatic heterocycles. The molecular formula is C19H13N3O2S. The number of nitrogens with zero attached hydrogens (tertiary/aromatic N) is 2. The highest BCUT2D eigenvalue weighted by atomic mass is 32.1. The minimum absolute atomic E-state index is 0.0853. The molecule has 0 fully saturated rings. The molecule has 0 saturated heterocycles. The van der Waals surface area contributed by atoms with Gasteiger partial charge >= 0.3 is 0 Å². The van der Waals surface area contributed by atoms with Gasteiger partial charge in [-0.2, -0.15) is 0 Å². The van der Waals surface area contributed by atoms with Gasteiger partial charge in [-0.15, -0.1) is 11.3 Å². The van der Waals surface area contributed by atoms with E-state index in [1.54, 1.807) is 11.3 Å². The fourth-order valence-electron chi connectivity index (χ4n) is 3.03. The lowest BCUT2D eigenvalue weighted by Crippen LogP contribution is -2.14. The minimum atomic E-state index is -0.0853. The maximum atomic E-state index is 12.3. The molecule has 5 rings (SSSR count). The first-order valence-electron chi connectivity index (χ1n) is 7.88. The third kappa shape index (κ3) is 2.47. The molecule has 0 aliphatic rings. The molecule has 2 aromatic carbocycles. The van der Waals surface area contributed by atoms with Crippen LogP contribution in [0.2, 0.25) is 0 Å². The molecule has 3 heterocycles. The lowest BCUT2D eigenvalue weighted by Gasteiger charge is -2.04. The average molecular weight is 347 g/mol. The zero-order chi connectivity index (χ0) is 16.8. The van der Waals surface area contributed by atoms with Gasteiger partial charge in [-0.1, -0.05) is 18.2 Å². The van der Waals surface area contributed by atoms with Crippen LogP contribution in [0, 0.1) is 0 Å². The molecule has 0 aliphatic carbocycles. The van der Waals surface area contributed by atoms with Gasteiger partial charge in [0.25, 0.3) is 0 Å². The van der Waals surface area contributed by atoms with Crippen LogP contribution < -0.4 is 5.32 Å². The molecule has 0 atom stereocenters. The summed E-state index contributed by atoms with van der Waals surface area (Å²) in [6.45, 7) is 0. The highest BCUT2D eigenvalue weighted by Gasteiger charge is 2.11. The second-order valence-electron chi connectivity index (χ2n) is 5.86. The second kappa shape index (κ2) is 5.46. The summed E-state index contributed by atoms with van der Waals surface area (Å²) in [4.78, 5) is 17.7. The number of amides is 1. The fourth-order valence-corrected chi connectivity index (χ4v) is 3.75. The first-order valence-corrected chi connectivity index (χ1v) is 8.76. The minimum Gasteiger partial charge on any atom is -0.456 e. The largest absolute Gasteiger partial charge is 0.456 e.